The molecule has 0 saturated heterocycles. The molecule has 0 saturated carbocycles. The monoisotopic (exact) mass is 316 g/mol. The van der Waals surface area contributed by atoms with Crippen molar-refractivity contribution in [2.45, 2.75) is 25.9 Å². The Hall–Kier alpha value is -2.34. The summed E-state index contributed by atoms with van der Waals surface area (Å²) in [4.78, 5) is 11.8. The van der Waals surface area contributed by atoms with Crippen molar-refractivity contribution in [3.63, 3.8) is 0 Å². The highest BCUT2D eigenvalue weighted by Crippen LogP contribution is 2.08. The molecule has 0 radical (unpaired) electrons. The molecule has 0 aliphatic carbocycles. The summed E-state index contributed by atoms with van der Waals surface area (Å²) >= 11 is 0. The molecule has 0 unspecified atom stereocenters. The third kappa shape index (κ3) is 5.75. The largest absolute Gasteiger partial charge is 0.492 e. The average Bonchev–Trinajstić information content (AvgIpc) is 3.11. The summed E-state index contributed by atoms with van der Waals surface area (Å²) in [6.45, 7) is 5.32. The summed E-state index contributed by atoms with van der Waals surface area (Å²) in [5, 5.41) is 10.3. The van der Waals surface area contributed by atoms with Gasteiger partial charge in [-0.05, 0) is 32.0 Å². The lowest BCUT2D eigenvalue weighted by Crippen LogP contribution is -2.42. The minimum atomic E-state index is -0.0406. The fourth-order valence-corrected chi connectivity index (χ4v) is 2.11. The number of hydrogen-bond acceptors (Lipinski definition) is 4. The second-order valence-corrected chi connectivity index (χ2v) is 5.41. The Morgan fingerprint density at radius 2 is 2.04 bits per heavy atom. The Labute approximate surface area is 136 Å². The second-order valence-electron chi connectivity index (χ2n) is 5.41. The minimum absolute atomic E-state index is 0.0406. The van der Waals surface area contributed by atoms with Gasteiger partial charge in [-0.2, -0.15) is 5.10 Å². The number of carbonyl (C=O) groups is 1. The fraction of sp³-hybridized carbons (Fsp3) is 0.412. The van der Waals surface area contributed by atoms with Crippen LogP contribution in [0, 0.1) is 0 Å². The van der Waals surface area contributed by atoms with Crippen LogP contribution in [-0.2, 0) is 4.79 Å². The van der Waals surface area contributed by atoms with E-state index in [-0.39, 0.29) is 24.5 Å². The van der Waals surface area contributed by atoms with Crippen molar-refractivity contribution >= 4 is 5.91 Å². The normalized spacial score (nSPS) is 13.3. The summed E-state index contributed by atoms with van der Waals surface area (Å²) in [7, 11) is 0. The van der Waals surface area contributed by atoms with Crippen molar-refractivity contribution in [3.05, 3.63) is 48.8 Å². The molecule has 1 aromatic carbocycles. The Kier molecular flexibility index (Phi) is 6.62. The lowest BCUT2D eigenvalue weighted by molar-refractivity contribution is -0.120. The quantitative estimate of drug-likeness (QED) is 0.690. The van der Waals surface area contributed by atoms with E-state index in [1.807, 2.05) is 54.2 Å². The van der Waals surface area contributed by atoms with Gasteiger partial charge in [-0.25, -0.2) is 0 Å². The highest BCUT2D eigenvalue weighted by molar-refractivity contribution is 5.77. The van der Waals surface area contributed by atoms with Gasteiger partial charge in [0.2, 0.25) is 5.91 Å². The van der Waals surface area contributed by atoms with Gasteiger partial charge in [0.05, 0.1) is 19.1 Å². The van der Waals surface area contributed by atoms with Crippen molar-refractivity contribution in [3.8, 4) is 5.75 Å². The van der Waals surface area contributed by atoms with Crippen molar-refractivity contribution < 1.29 is 9.53 Å². The van der Waals surface area contributed by atoms with Gasteiger partial charge in [-0.1, -0.05) is 18.2 Å². The van der Waals surface area contributed by atoms with Crippen LogP contribution in [-0.4, -0.2) is 41.4 Å². The number of benzene rings is 1. The lowest BCUT2D eigenvalue weighted by atomic mass is 10.2. The molecule has 0 spiro atoms. The van der Waals surface area contributed by atoms with E-state index in [0.717, 1.165) is 5.75 Å². The molecule has 0 aliphatic rings. The Morgan fingerprint density at radius 3 is 2.74 bits per heavy atom. The van der Waals surface area contributed by atoms with Crippen molar-refractivity contribution in [1.29, 1.82) is 0 Å². The highest BCUT2D eigenvalue weighted by Gasteiger charge is 2.14. The molecule has 23 heavy (non-hydrogen) atoms. The first-order valence-electron chi connectivity index (χ1n) is 7.84. The second kappa shape index (κ2) is 8.95. The van der Waals surface area contributed by atoms with Gasteiger partial charge in [0.15, 0.2) is 0 Å². The van der Waals surface area contributed by atoms with Crippen LogP contribution in [0.15, 0.2) is 48.8 Å². The molecule has 1 aromatic heterocycles. The van der Waals surface area contributed by atoms with E-state index in [9.17, 15) is 4.79 Å². The number of amides is 1. The van der Waals surface area contributed by atoms with Crippen molar-refractivity contribution in [2.24, 2.45) is 0 Å². The third-order valence-corrected chi connectivity index (χ3v) is 3.69. The molecular weight excluding hydrogens is 292 g/mol. The van der Waals surface area contributed by atoms with Gasteiger partial charge in [0.1, 0.15) is 12.4 Å². The first-order chi connectivity index (χ1) is 11.2. The molecule has 0 bridgehead atoms. The molecule has 0 fully saturated rings. The molecule has 6 heteroatoms. The molecule has 2 N–H and O–H groups in total. The van der Waals surface area contributed by atoms with Crippen LogP contribution < -0.4 is 15.4 Å². The fourth-order valence-electron chi connectivity index (χ4n) is 2.11. The van der Waals surface area contributed by atoms with Crippen molar-refractivity contribution in [2.75, 3.05) is 19.7 Å². The van der Waals surface area contributed by atoms with Crippen LogP contribution >= 0.6 is 0 Å². The molecular formula is C17H24N4O2. The van der Waals surface area contributed by atoms with Crippen LogP contribution in [0.4, 0.5) is 0 Å². The van der Waals surface area contributed by atoms with Crippen LogP contribution in [0.3, 0.4) is 0 Å². The first kappa shape index (κ1) is 17.0. The Morgan fingerprint density at radius 1 is 1.26 bits per heavy atom. The maximum absolute atomic E-state index is 11.8. The molecule has 2 rings (SSSR count). The average molecular weight is 316 g/mol. The molecule has 1 heterocycles. The molecule has 2 aromatic rings. The van der Waals surface area contributed by atoms with E-state index in [2.05, 4.69) is 22.7 Å². The zero-order valence-electron chi connectivity index (χ0n) is 13.6. The van der Waals surface area contributed by atoms with Crippen LogP contribution in [0.5, 0.6) is 5.75 Å². The zero-order valence-corrected chi connectivity index (χ0v) is 13.6. The van der Waals surface area contributed by atoms with Crippen LogP contribution in [0.1, 0.15) is 19.9 Å². The molecule has 0 aliphatic heterocycles. The van der Waals surface area contributed by atoms with Gasteiger partial charge >= 0.3 is 0 Å². The Bertz CT molecular complexity index is 572. The van der Waals surface area contributed by atoms with E-state index >= 15 is 0 Å². The summed E-state index contributed by atoms with van der Waals surface area (Å²) in [6, 6.07) is 11.8. The smallest absolute Gasteiger partial charge is 0.234 e. The maximum Gasteiger partial charge on any atom is 0.234 e. The number of nitrogens with one attached hydrogen (secondary N) is 2. The van der Waals surface area contributed by atoms with E-state index in [1.165, 1.54) is 0 Å². The molecule has 124 valence electrons. The summed E-state index contributed by atoms with van der Waals surface area (Å²) in [5.41, 5.74) is 0. The van der Waals surface area contributed by atoms with Gasteiger partial charge in [-0.3, -0.25) is 9.48 Å². The molecule has 1 amide bonds. The topological polar surface area (TPSA) is 68.2 Å². The van der Waals surface area contributed by atoms with Gasteiger partial charge in [-0.15, -0.1) is 0 Å². The third-order valence-electron chi connectivity index (χ3n) is 3.69. The Balaban J connectivity index is 1.59. The number of aromatic nitrogens is 2. The molecule has 6 nitrogen and oxygen atoms in total. The van der Waals surface area contributed by atoms with Gasteiger partial charge in [0.25, 0.3) is 0 Å². The van der Waals surface area contributed by atoms with E-state index in [4.69, 9.17) is 4.74 Å². The van der Waals surface area contributed by atoms with Gasteiger partial charge in [0, 0.05) is 18.4 Å². The van der Waals surface area contributed by atoms with E-state index in [1.54, 1.807) is 6.20 Å². The minimum Gasteiger partial charge on any atom is -0.492 e. The van der Waals surface area contributed by atoms with E-state index in [0.29, 0.717) is 13.2 Å². The molecule has 2 atom stereocenters. The highest BCUT2D eigenvalue weighted by atomic mass is 16.5. The number of rotatable bonds is 9. The summed E-state index contributed by atoms with van der Waals surface area (Å²) in [6.07, 6.45) is 3.67. The predicted octanol–water partition coefficient (Wildman–Crippen LogP) is 1.62. The number of ether oxygens (including phenoxy) is 1. The van der Waals surface area contributed by atoms with Crippen LogP contribution in [0.25, 0.3) is 0 Å². The number of carbonyl (C=O) groups excluding carboxylic acids is 1. The van der Waals surface area contributed by atoms with Crippen molar-refractivity contribution in [1.82, 2.24) is 20.4 Å². The van der Waals surface area contributed by atoms with E-state index < -0.39 is 0 Å². The SMILES string of the molecule is C[C@H](NCC(=O)NCCOc1ccccc1)[C@@H](C)n1cccn1. The standard InChI is InChI=1S/C17H24N4O2/c1-14(15(2)21-11-6-9-20-21)19-13-17(22)18-10-12-23-16-7-4-3-5-8-16/h3-9,11,14-15,19H,10,12-13H2,1-2H3,(H,18,22)/t14-,15+/m0/s1. The maximum atomic E-state index is 11.8. The summed E-state index contributed by atoms with van der Waals surface area (Å²) < 4.78 is 7.40. The van der Waals surface area contributed by atoms with Gasteiger partial charge < -0.3 is 15.4 Å². The number of nitrogens with zero attached hydrogens (tertiary/aromatic N) is 2. The summed E-state index contributed by atoms with van der Waals surface area (Å²) in [5.74, 6) is 0.766. The predicted molar refractivity (Wildman–Crippen MR) is 89.3 cm³/mol. The first-order valence-corrected chi connectivity index (χ1v) is 7.84. The number of para-hydroxylation sites is 1. The zero-order chi connectivity index (χ0) is 16.5. The number of hydrogen-bond donors (Lipinski definition) is 2. The lowest BCUT2D eigenvalue weighted by Gasteiger charge is -2.21. The van der Waals surface area contributed by atoms with Crippen LogP contribution in [0.2, 0.25) is 0 Å².